The molecule has 0 aromatic heterocycles. The zero-order valence-electron chi connectivity index (χ0n) is 21.6. The molecule has 0 radical (unpaired) electrons. The number of hydrogen-bond donors (Lipinski definition) is 0. The molecule has 4 aliphatic rings. The van der Waals surface area contributed by atoms with Crippen LogP contribution in [0.25, 0.3) is 0 Å². The molecule has 0 amide bonds. The molecule has 0 aliphatic heterocycles. The van der Waals surface area contributed by atoms with E-state index in [9.17, 15) is 0 Å². The van der Waals surface area contributed by atoms with Crippen molar-refractivity contribution < 1.29 is 9.47 Å². The van der Waals surface area contributed by atoms with E-state index in [2.05, 4.69) is 40.7 Å². The smallest absolute Gasteiger partial charge is 0.0608 e. The Labute approximate surface area is 192 Å². The highest BCUT2D eigenvalue weighted by Crippen LogP contribution is 2.67. The van der Waals surface area contributed by atoms with Gasteiger partial charge in [0.25, 0.3) is 0 Å². The van der Waals surface area contributed by atoms with E-state index in [1.807, 2.05) is 14.2 Å². The Balaban J connectivity index is 1.52. The fourth-order valence-electron chi connectivity index (χ4n) is 9.09. The molecule has 178 valence electrons. The van der Waals surface area contributed by atoms with E-state index in [-0.39, 0.29) is 0 Å². The number of hydrogen-bond acceptors (Lipinski definition) is 2. The van der Waals surface area contributed by atoms with Gasteiger partial charge >= 0.3 is 0 Å². The first-order valence-electron chi connectivity index (χ1n) is 13.5. The average Bonchev–Trinajstić information content (AvgIpc) is 3.10. The second-order valence-electron chi connectivity index (χ2n) is 12.7. The third-order valence-corrected chi connectivity index (χ3v) is 11.0. The van der Waals surface area contributed by atoms with Crippen molar-refractivity contribution in [2.75, 3.05) is 14.2 Å². The van der Waals surface area contributed by atoms with E-state index >= 15 is 0 Å². The van der Waals surface area contributed by atoms with Crippen molar-refractivity contribution in [3.63, 3.8) is 0 Å². The monoisotopic (exact) mass is 430 g/mol. The SMILES string of the molecule is CO[C@H]1CC[C@@]2(C)C(=CC[C@H]3[C@@H]4CC[C@H]([C@H](C)[C@H](CCC(C)C)OC)[C@@]4(C)CC[C@@H]32)C1. The van der Waals surface area contributed by atoms with E-state index in [0.29, 0.717) is 29.0 Å². The zero-order chi connectivity index (χ0) is 22.4. The van der Waals surface area contributed by atoms with E-state index in [1.54, 1.807) is 5.57 Å². The van der Waals surface area contributed by atoms with Crippen molar-refractivity contribution >= 4 is 0 Å². The summed E-state index contributed by atoms with van der Waals surface area (Å²) < 4.78 is 11.9. The molecule has 0 N–H and O–H groups in total. The standard InChI is InChI=1S/C29H50O2/c1-19(2)8-13-27(31-7)20(3)24-11-12-25-23-10-9-21-18-22(30-6)14-16-28(21,4)26(23)15-17-29(24,25)5/h9,19-20,22-27H,8,10-18H2,1-7H3/t20-,22-,23-,24+,25-,26-,27-,28-,29+/m0/s1. The Morgan fingerprint density at radius 2 is 1.74 bits per heavy atom. The summed E-state index contributed by atoms with van der Waals surface area (Å²) in [6, 6.07) is 0. The van der Waals surface area contributed by atoms with Gasteiger partial charge in [-0.1, -0.05) is 46.3 Å². The molecule has 4 aliphatic carbocycles. The van der Waals surface area contributed by atoms with E-state index in [0.717, 1.165) is 29.6 Å². The molecule has 31 heavy (non-hydrogen) atoms. The molecule has 0 heterocycles. The highest BCUT2D eigenvalue weighted by molar-refractivity contribution is 5.25. The first-order valence-corrected chi connectivity index (χ1v) is 13.5. The van der Waals surface area contributed by atoms with Gasteiger partial charge in [0.15, 0.2) is 0 Å². The van der Waals surface area contributed by atoms with Crippen LogP contribution in [0.1, 0.15) is 98.8 Å². The van der Waals surface area contributed by atoms with E-state index < -0.39 is 0 Å². The van der Waals surface area contributed by atoms with Gasteiger partial charge in [0, 0.05) is 14.2 Å². The molecule has 0 aromatic rings. The minimum atomic E-state index is 0.431. The first kappa shape index (κ1) is 23.8. The third kappa shape index (κ3) is 4.07. The molecule has 0 unspecified atom stereocenters. The Kier molecular flexibility index (Phi) is 7.01. The topological polar surface area (TPSA) is 18.5 Å². The first-order chi connectivity index (χ1) is 14.7. The second kappa shape index (κ2) is 9.13. The normalized spacial score (nSPS) is 44.3. The van der Waals surface area contributed by atoms with Crippen LogP contribution >= 0.6 is 0 Å². The lowest BCUT2D eigenvalue weighted by atomic mass is 9.47. The summed E-state index contributed by atoms with van der Waals surface area (Å²) in [6.07, 6.45) is 16.9. The third-order valence-electron chi connectivity index (χ3n) is 11.0. The van der Waals surface area contributed by atoms with Gasteiger partial charge in [0.2, 0.25) is 0 Å². The van der Waals surface area contributed by atoms with Crippen LogP contribution in [0.2, 0.25) is 0 Å². The van der Waals surface area contributed by atoms with Gasteiger partial charge < -0.3 is 9.47 Å². The number of fused-ring (bicyclic) bond motifs is 5. The predicted molar refractivity (Wildman–Crippen MR) is 130 cm³/mol. The summed E-state index contributed by atoms with van der Waals surface area (Å²) in [7, 11) is 3.86. The largest absolute Gasteiger partial charge is 0.381 e. The number of methoxy groups -OCH3 is 2. The second-order valence-corrected chi connectivity index (χ2v) is 12.7. The maximum atomic E-state index is 6.09. The van der Waals surface area contributed by atoms with Crippen molar-refractivity contribution in [1.29, 1.82) is 0 Å². The number of allylic oxidation sites excluding steroid dienone is 1. The molecule has 0 saturated heterocycles. The number of ether oxygens (including phenoxy) is 2. The molecule has 0 spiro atoms. The van der Waals surface area contributed by atoms with Gasteiger partial charge in [0.05, 0.1) is 12.2 Å². The summed E-state index contributed by atoms with van der Waals surface area (Å²) in [5.74, 6) is 4.99. The van der Waals surface area contributed by atoms with E-state index in [4.69, 9.17) is 9.47 Å². The molecule has 3 saturated carbocycles. The van der Waals surface area contributed by atoms with Crippen LogP contribution in [0.4, 0.5) is 0 Å². The summed E-state index contributed by atoms with van der Waals surface area (Å²) in [4.78, 5) is 0. The lowest BCUT2D eigenvalue weighted by Crippen LogP contribution is -2.51. The fraction of sp³-hybridized carbons (Fsp3) is 0.931. The molecule has 2 nitrogen and oxygen atoms in total. The molecule has 4 rings (SSSR count). The maximum absolute atomic E-state index is 6.09. The van der Waals surface area contributed by atoms with Gasteiger partial charge in [-0.3, -0.25) is 0 Å². The highest BCUT2D eigenvalue weighted by atomic mass is 16.5. The number of rotatable bonds is 7. The van der Waals surface area contributed by atoms with Crippen LogP contribution in [0.15, 0.2) is 11.6 Å². The molecule has 2 heteroatoms. The van der Waals surface area contributed by atoms with Crippen molar-refractivity contribution in [2.45, 2.75) is 111 Å². The molecule has 3 fully saturated rings. The molecular weight excluding hydrogens is 380 g/mol. The van der Waals surface area contributed by atoms with Crippen molar-refractivity contribution in [1.82, 2.24) is 0 Å². The van der Waals surface area contributed by atoms with Crippen LogP contribution < -0.4 is 0 Å². The van der Waals surface area contributed by atoms with E-state index in [1.165, 1.54) is 64.2 Å². The minimum Gasteiger partial charge on any atom is -0.381 e. The predicted octanol–water partition coefficient (Wildman–Crippen LogP) is 7.67. The van der Waals surface area contributed by atoms with Crippen LogP contribution in [0.3, 0.4) is 0 Å². The molecular formula is C29H50O2. The average molecular weight is 431 g/mol. The van der Waals surface area contributed by atoms with Crippen LogP contribution in [0, 0.1) is 46.3 Å². The van der Waals surface area contributed by atoms with Crippen molar-refractivity contribution in [3.8, 4) is 0 Å². The quantitative estimate of drug-likeness (QED) is 0.386. The summed E-state index contributed by atoms with van der Waals surface area (Å²) in [5.41, 5.74) is 2.70. The minimum absolute atomic E-state index is 0.431. The Bertz CT molecular complexity index is 653. The summed E-state index contributed by atoms with van der Waals surface area (Å²) in [6.45, 7) is 12.5. The summed E-state index contributed by atoms with van der Waals surface area (Å²) in [5, 5.41) is 0. The Morgan fingerprint density at radius 1 is 0.968 bits per heavy atom. The Hall–Kier alpha value is -0.340. The van der Waals surface area contributed by atoms with Gasteiger partial charge in [0.1, 0.15) is 0 Å². The molecule has 0 bridgehead atoms. The van der Waals surface area contributed by atoms with Gasteiger partial charge in [-0.15, -0.1) is 0 Å². The van der Waals surface area contributed by atoms with Crippen LogP contribution in [-0.4, -0.2) is 26.4 Å². The fourth-order valence-corrected chi connectivity index (χ4v) is 9.09. The van der Waals surface area contributed by atoms with Crippen molar-refractivity contribution in [2.24, 2.45) is 46.3 Å². The molecule has 9 atom stereocenters. The summed E-state index contributed by atoms with van der Waals surface area (Å²) >= 11 is 0. The lowest BCUT2D eigenvalue weighted by molar-refractivity contribution is -0.0744. The van der Waals surface area contributed by atoms with Crippen LogP contribution in [0.5, 0.6) is 0 Å². The van der Waals surface area contributed by atoms with Gasteiger partial charge in [-0.25, -0.2) is 0 Å². The van der Waals surface area contributed by atoms with Gasteiger partial charge in [-0.2, -0.15) is 0 Å². The van der Waals surface area contributed by atoms with Crippen LogP contribution in [-0.2, 0) is 9.47 Å². The molecule has 0 aromatic carbocycles. The lowest BCUT2D eigenvalue weighted by Gasteiger charge is -2.58. The van der Waals surface area contributed by atoms with Gasteiger partial charge in [-0.05, 0) is 111 Å². The van der Waals surface area contributed by atoms with Crippen molar-refractivity contribution in [3.05, 3.63) is 11.6 Å². The Morgan fingerprint density at radius 3 is 2.42 bits per heavy atom. The maximum Gasteiger partial charge on any atom is 0.0608 e. The highest BCUT2D eigenvalue weighted by Gasteiger charge is 2.59. The zero-order valence-corrected chi connectivity index (χ0v) is 21.6.